The Labute approximate surface area is 158 Å². The van der Waals surface area contributed by atoms with Gasteiger partial charge >= 0.3 is 5.97 Å². The first kappa shape index (κ1) is 20.4. The SMILES string of the molecule is Cc1cc(C)c(NC(=O)COC(=O)c2ccccc2NS(C)(=O)=O)c(C)c1. The number of benzene rings is 2. The summed E-state index contributed by atoms with van der Waals surface area (Å²) in [5.74, 6) is -1.28. The highest BCUT2D eigenvalue weighted by Gasteiger charge is 2.17. The highest BCUT2D eigenvalue weighted by atomic mass is 32.2. The van der Waals surface area contributed by atoms with Gasteiger partial charge in [-0.05, 0) is 44.0 Å². The molecule has 0 aliphatic rings. The van der Waals surface area contributed by atoms with Crippen LogP contribution in [0.5, 0.6) is 0 Å². The summed E-state index contributed by atoms with van der Waals surface area (Å²) in [5.41, 5.74) is 3.71. The van der Waals surface area contributed by atoms with Crippen LogP contribution >= 0.6 is 0 Å². The van der Waals surface area contributed by atoms with E-state index in [2.05, 4.69) is 10.0 Å². The van der Waals surface area contributed by atoms with Crippen LogP contribution < -0.4 is 10.0 Å². The first-order valence-electron chi connectivity index (χ1n) is 8.18. The average Bonchev–Trinajstić information content (AvgIpc) is 2.55. The standard InChI is InChI=1S/C19H22N2O5S/c1-12-9-13(2)18(14(3)10-12)20-17(22)11-26-19(23)15-7-5-6-8-16(15)21-27(4,24)25/h5-10,21H,11H2,1-4H3,(H,20,22). The second-order valence-corrected chi connectivity index (χ2v) is 8.07. The zero-order chi connectivity index (χ0) is 20.2. The molecule has 0 atom stereocenters. The molecule has 0 aliphatic heterocycles. The van der Waals surface area contributed by atoms with Gasteiger partial charge in [-0.15, -0.1) is 0 Å². The zero-order valence-corrected chi connectivity index (χ0v) is 16.4. The number of carbonyl (C=O) groups excluding carboxylic acids is 2. The van der Waals surface area contributed by atoms with Crippen LogP contribution in [0.2, 0.25) is 0 Å². The smallest absolute Gasteiger partial charge is 0.340 e. The first-order chi connectivity index (χ1) is 12.6. The van der Waals surface area contributed by atoms with E-state index in [-0.39, 0.29) is 11.3 Å². The lowest BCUT2D eigenvalue weighted by Gasteiger charge is -2.13. The van der Waals surface area contributed by atoms with Gasteiger partial charge in [-0.1, -0.05) is 29.8 Å². The Morgan fingerprint density at radius 3 is 2.22 bits per heavy atom. The van der Waals surface area contributed by atoms with Gasteiger partial charge in [-0.3, -0.25) is 9.52 Å². The largest absolute Gasteiger partial charge is 0.452 e. The minimum Gasteiger partial charge on any atom is -0.452 e. The van der Waals surface area contributed by atoms with Gasteiger partial charge in [0, 0.05) is 5.69 Å². The maximum Gasteiger partial charge on any atom is 0.340 e. The molecular weight excluding hydrogens is 368 g/mol. The van der Waals surface area contributed by atoms with Crippen molar-refractivity contribution in [1.82, 2.24) is 0 Å². The van der Waals surface area contributed by atoms with E-state index in [1.165, 1.54) is 12.1 Å². The summed E-state index contributed by atoms with van der Waals surface area (Å²) >= 11 is 0. The van der Waals surface area contributed by atoms with Crippen LogP contribution in [0.4, 0.5) is 11.4 Å². The first-order valence-corrected chi connectivity index (χ1v) is 10.1. The molecule has 0 unspecified atom stereocenters. The number of amides is 1. The van der Waals surface area contributed by atoms with Crippen LogP contribution in [-0.2, 0) is 19.6 Å². The number of hydrogen-bond acceptors (Lipinski definition) is 5. The molecule has 1 amide bonds. The number of sulfonamides is 1. The van der Waals surface area contributed by atoms with Crippen molar-refractivity contribution in [3.8, 4) is 0 Å². The molecule has 8 heteroatoms. The quantitative estimate of drug-likeness (QED) is 0.739. The minimum atomic E-state index is -3.56. The summed E-state index contributed by atoms with van der Waals surface area (Å²) in [6.45, 7) is 5.25. The molecule has 0 bridgehead atoms. The lowest BCUT2D eigenvalue weighted by atomic mass is 10.1. The van der Waals surface area contributed by atoms with Gasteiger partial charge in [0.2, 0.25) is 10.0 Å². The van der Waals surface area contributed by atoms with Gasteiger partial charge < -0.3 is 10.1 Å². The molecule has 0 fully saturated rings. The fraction of sp³-hybridized carbons (Fsp3) is 0.263. The highest BCUT2D eigenvalue weighted by Crippen LogP contribution is 2.22. The van der Waals surface area contributed by atoms with Crippen LogP contribution in [-0.4, -0.2) is 33.2 Å². The normalized spacial score (nSPS) is 11.0. The molecule has 0 aromatic heterocycles. The molecule has 2 aromatic carbocycles. The summed E-state index contributed by atoms with van der Waals surface area (Å²) in [4.78, 5) is 24.4. The maximum absolute atomic E-state index is 12.2. The van der Waals surface area contributed by atoms with Crippen LogP contribution in [0.1, 0.15) is 27.0 Å². The van der Waals surface area contributed by atoms with Crippen LogP contribution in [0.25, 0.3) is 0 Å². The molecule has 0 saturated carbocycles. The molecule has 0 heterocycles. The van der Waals surface area contributed by atoms with E-state index >= 15 is 0 Å². The summed E-state index contributed by atoms with van der Waals surface area (Å²) in [7, 11) is -3.56. The Morgan fingerprint density at radius 2 is 1.63 bits per heavy atom. The third-order valence-corrected chi connectivity index (χ3v) is 4.31. The molecule has 144 valence electrons. The van der Waals surface area contributed by atoms with Crippen LogP contribution in [0.3, 0.4) is 0 Å². The number of nitrogens with one attached hydrogen (secondary N) is 2. The van der Waals surface area contributed by atoms with Crippen LogP contribution in [0.15, 0.2) is 36.4 Å². The van der Waals surface area contributed by atoms with Crippen molar-refractivity contribution in [2.75, 3.05) is 22.9 Å². The van der Waals surface area contributed by atoms with Crippen molar-refractivity contribution in [3.05, 3.63) is 58.7 Å². The number of ether oxygens (including phenoxy) is 1. The van der Waals surface area contributed by atoms with E-state index < -0.39 is 28.5 Å². The van der Waals surface area contributed by atoms with E-state index in [4.69, 9.17) is 4.74 Å². The molecule has 0 radical (unpaired) electrons. The molecule has 2 rings (SSSR count). The third-order valence-electron chi connectivity index (χ3n) is 3.72. The maximum atomic E-state index is 12.2. The van der Waals surface area contributed by atoms with Crippen molar-refractivity contribution >= 4 is 33.3 Å². The highest BCUT2D eigenvalue weighted by molar-refractivity contribution is 7.92. The second-order valence-electron chi connectivity index (χ2n) is 6.32. The van der Waals surface area contributed by atoms with Gasteiger partial charge in [-0.2, -0.15) is 0 Å². The van der Waals surface area contributed by atoms with Gasteiger partial charge in [-0.25, -0.2) is 13.2 Å². The number of anilines is 2. The second kappa shape index (κ2) is 8.22. The number of carbonyl (C=O) groups is 2. The molecule has 27 heavy (non-hydrogen) atoms. The van der Waals surface area contributed by atoms with Crippen molar-refractivity contribution < 1.29 is 22.7 Å². The Balaban J connectivity index is 2.05. The molecule has 2 aromatic rings. The van der Waals surface area contributed by atoms with Crippen molar-refractivity contribution in [2.45, 2.75) is 20.8 Å². The minimum absolute atomic E-state index is 0.0263. The predicted molar refractivity (Wildman–Crippen MR) is 104 cm³/mol. The lowest BCUT2D eigenvalue weighted by molar-refractivity contribution is -0.119. The summed E-state index contributed by atoms with van der Waals surface area (Å²) < 4.78 is 30.1. The monoisotopic (exact) mass is 390 g/mol. The molecule has 0 spiro atoms. The Kier molecular flexibility index (Phi) is 6.22. The van der Waals surface area contributed by atoms with E-state index in [0.717, 1.165) is 22.9 Å². The van der Waals surface area contributed by atoms with E-state index in [1.54, 1.807) is 12.1 Å². The summed E-state index contributed by atoms with van der Waals surface area (Å²) in [5, 5.41) is 2.74. The number of esters is 1. The topological polar surface area (TPSA) is 102 Å². The fourth-order valence-corrected chi connectivity index (χ4v) is 3.29. The summed E-state index contributed by atoms with van der Waals surface area (Å²) in [6.07, 6.45) is 0.981. The Bertz CT molecular complexity index is 960. The third kappa shape index (κ3) is 5.82. The Morgan fingerprint density at radius 1 is 1.04 bits per heavy atom. The zero-order valence-electron chi connectivity index (χ0n) is 15.6. The Hall–Kier alpha value is -2.87. The number of rotatable bonds is 6. The summed E-state index contributed by atoms with van der Waals surface area (Å²) in [6, 6.07) is 9.91. The molecular formula is C19H22N2O5S. The van der Waals surface area contributed by atoms with Crippen molar-refractivity contribution in [1.29, 1.82) is 0 Å². The molecule has 0 saturated heterocycles. The van der Waals surface area contributed by atoms with E-state index in [9.17, 15) is 18.0 Å². The van der Waals surface area contributed by atoms with E-state index in [0.29, 0.717) is 5.69 Å². The molecule has 2 N–H and O–H groups in total. The van der Waals surface area contributed by atoms with Gasteiger partial charge in [0.25, 0.3) is 5.91 Å². The van der Waals surface area contributed by atoms with Gasteiger partial charge in [0.05, 0.1) is 17.5 Å². The van der Waals surface area contributed by atoms with Gasteiger partial charge in [0.15, 0.2) is 6.61 Å². The van der Waals surface area contributed by atoms with Crippen molar-refractivity contribution in [3.63, 3.8) is 0 Å². The number of aryl methyl sites for hydroxylation is 3. The predicted octanol–water partition coefficient (Wildman–Crippen LogP) is 2.78. The van der Waals surface area contributed by atoms with Crippen LogP contribution in [0, 0.1) is 20.8 Å². The van der Waals surface area contributed by atoms with E-state index in [1.807, 2.05) is 32.9 Å². The van der Waals surface area contributed by atoms with Crippen molar-refractivity contribution in [2.24, 2.45) is 0 Å². The molecule has 7 nitrogen and oxygen atoms in total. The average molecular weight is 390 g/mol. The fourth-order valence-electron chi connectivity index (χ4n) is 2.71. The lowest BCUT2D eigenvalue weighted by Crippen LogP contribution is -2.22. The van der Waals surface area contributed by atoms with Gasteiger partial charge in [0.1, 0.15) is 0 Å². The molecule has 0 aliphatic carbocycles. The number of hydrogen-bond donors (Lipinski definition) is 2. The number of para-hydroxylation sites is 1.